The molecule has 1 N–H and O–H groups in total. The van der Waals surface area contributed by atoms with E-state index in [0.717, 1.165) is 10.6 Å². The van der Waals surface area contributed by atoms with Gasteiger partial charge in [0.15, 0.2) is 0 Å². The molecule has 0 spiro atoms. The number of para-hydroxylation sites is 1. The van der Waals surface area contributed by atoms with E-state index in [4.69, 9.17) is 9.47 Å². The Labute approximate surface area is 188 Å². The Bertz CT molecular complexity index is 1150. The minimum absolute atomic E-state index is 0.00415. The SMILES string of the molecule is CC(C)Oc1cccc(NC(=O)CN(c2ccc(Oc3ccccc3)cc2)S(C)(=O)=O)c1. The van der Waals surface area contributed by atoms with Gasteiger partial charge in [-0.3, -0.25) is 9.10 Å². The molecule has 0 bridgehead atoms. The summed E-state index contributed by atoms with van der Waals surface area (Å²) in [5.41, 5.74) is 0.883. The predicted octanol–water partition coefficient (Wildman–Crippen LogP) is 4.67. The van der Waals surface area contributed by atoms with Gasteiger partial charge in [-0.2, -0.15) is 0 Å². The van der Waals surface area contributed by atoms with Crippen LogP contribution in [0.3, 0.4) is 0 Å². The molecule has 0 aromatic heterocycles. The minimum atomic E-state index is -3.69. The summed E-state index contributed by atoms with van der Waals surface area (Å²) in [5.74, 6) is 1.37. The van der Waals surface area contributed by atoms with Crippen molar-refractivity contribution in [2.75, 3.05) is 22.4 Å². The van der Waals surface area contributed by atoms with Crippen molar-refractivity contribution in [3.05, 3.63) is 78.9 Å². The fourth-order valence-corrected chi connectivity index (χ4v) is 3.81. The number of amides is 1. The van der Waals surface area contributed by atoms with E-state index < -0.39 is 15.9 Å². The van der Waals surface area contributed by atoms with Crippen molar-refractivity contribution in [3.63, 3.8) is 0 Å². The monoisotopic (exact) mass is 454 g/mol. The number of anilines is 2. The van der Waals surface area contributed by atoms with Crippen molar-refractivity contribution in [1.29, 1.82) is 0 Å². The van der Waals surface area contributed by atoms with Crippen molar-refractivity contribution >= 4 is 27.3 Å². The lowest BCUT2D eigenvalue weighted by molar-refractivity contribution is -0.114. The Morgan fingerprint density at radius 3 is 2.16 bits per heavy atom. The average molecular weight is 455 g/mol. The highest BCUT2D eigenvalue weighted by Gasteiger charge is 2.21. The van der Waals surface area contributed by atoms with E-state index >= 15 is 0 Å². The maximum atomic E-state index is 12.6. The summed E-state index contributed by atoms with van der Waals surface area (Å²) < 4.78 is 37.1. The Morgan fingerprint density at radius 1 is 0.906 bits per heavy atom. The van der Waals surface area contributed by atoms with Crippen LogP contribution < -0.4 is 19.1 Å². The van der Waals surface area contributed by atoms with Gasteiger partial charge >= 0.3 is 0 Å². The first-order chi connectivity index (χ1) is 15.2. The van der Waals surface area contributed by atoms with Crippen LogP contribution in [0.15, 0.2) is 78.9 Å². The largest absolute Gasteiger partial charge is 0.491 e. The molecule has 3 rings (SSSR count). The van der Waals surface area contributed by atoms with E-state index in [2.05, 4.69) is 5.32 Å². The molecule has 8 heteroatoms. The van der Waals surface area contributed by atoms with Crippen molar-refractivity contribution in [1.82, 2.24) is 0 Å². The highest BCUT2D eigenvalue weighted by molar-refractivity contribution is 7.92. The maximum absolute atomic E-state index is 12.6. The summed E-state index contributed by atoms with van der Waals surface area (Å²) in [4.78, 5) is 12.6. The highest BCUT2D eigenvalue weighted by atomic mass is 32.2. The van der Waals surface area contributed by atoms with E-state index in [1.165, 1.54) is 0 Å². The summed E-state index contributed by atoms with van der Waals surface area (Å²) in [5, 5.41) is 2.72. The first-order valence-corrected chi connectivity index (χ1v) is 11.9. The molecule has 168 valence electrons. The number of carbonyl (C=O) groups excluding carboxylic acids is 1. The van der Waals surface area contributed by atoms with E-state index in [9.17, 15) is 13.2 Å². The quantitative estimate of drug-likeness (QED) is 0.508. The van der Waals surface area contributed by atoms with Gasteiger partial charge in [-0.25, -0.2) is 8.42 Å². The number of rotatable bonds is 9. The number of nitrogens with one attached hydrogen (secondary N) is 1. The third-order valence-electron chi connectivity index (χ3n) is 4.28. The van der Waals surface area contributed by atoms with Gasteiger partial charge < -0.3 is 14.8 Å². The molecular formula is C24H26N2O5S. The van der Waals surface area contributed by atoms with Crippen LogP contribution in [0.1, 0.15) is 13.8 Å². The van der Waals surface area contributed by atoms with Crippen molar-refractivity contribution < 1.29 is 22.7 Å². The molecule has 0 atom stereocenters. The number of benzene rings is 3. The second-order valence-corrected chi connectivity index (χ2v) is 9.33. The van der Waals surface area contributed by atoms with Crippen molar-refractivity contribution in [3.8, 4) is 17.2 Å². The third kappa shape index (κ3) is 6.75. The van der Waals surface area contributed by atoms with Gasteiger partial charge in [-0.05, 0) is 62.4 Å². The van der Waals surface area contributed by atoms with Crippen LogP contribution in [-0.4, -0.2) is 33.2 Å². The number of nitrogens with zero attached hydrogens (tertiary/aromatic N) is 1. The summed E-state index contributed by atoms with van der Waals surface area (Å²) in [6.07, 6.45) is 1.06. The number of ether oxygens (including phenoxy) is 2. The molecule has 7 nitrogen and oxygen atoms in total. The van der Waals surface area contributed by atoms with Crippen LogP contribution >= 0.6 is 0 Å². The molecule has 0 radical (unpaired) electrons. The van der Waals surface area contributed by atoms with Crippen molar-refractivity contribution in [2.45, 2.75) is 20.0 Å². The van der Waals surface area contributed by atoms with Gasteiger partial charge in [0, 0.05) is 11.8 Å². The Morgan fingerprint density at radius 2 is 1.53 bits per heavy atom. The minimum Gasteiger partial charge on any atom is -0.491 e. The fourth-order valence-electron chi connectivity index (χ4n) is 2.96. The molecule has 0 aliphatic heterocycles. The first kappa shape index (κ1) is 23.1. The van der Waals surface area contributed by atoms with Crippen LogP contribution in [0.25, 0.3) is 0 Å². The Hall–Kier alpha value is -3.52. The van der Waals surface area contributed by atoms with Crippen molar-refractivity contribution in [2.24, 2.45) is 0 Å². The molecule has 32 heavy (non-hydrogen) atoms. The molecule has 3 aromatic carbocycles. The molecule has 0 saturated heterocycles. The normalized spacial score (nSPS) is 11.1. The molecule has 0 saturated carbocycles. The van der Waals surface area contributed by atoms with Crippen LogP contribution in [0.2, 0.25) is 0 Å². The Balaban J connectivity index is 1.71. The number of carbonyl (C=O) groups is 1. The molecular weight excluding hydrogens is 428 g/mol. The van der Waals surface area contributed by atoms with Gasteiger partial charge in [0.05, 0.1) is 18.0 Å². The number of hydrogen-bond donors (Lipinski definition) is 1. The van der Waals surface area contributed by atoms with Gasteiger partial charge in [-0.1, -0.05) is 24.3 Å². The average Bonchev–Trinajstić information content (AvgIpc) is 2.72. The van der Waals surface area contributed by atoms with Crippen LogP contribution in [0, 0.1) is 0 Å². The van der Waals surface area contributed by atoms with E-state index in [-0.39, 0.29) is 12.6 Å². The molecule has 3 aromatic rings. The lowest BCUT2D eigenvalue weighted by Gasteiger charge is -2.22. The zero-order chi connectivity index (χ0) is 23.1. The third-order valence-corrected chi connectivity index (χ3v) is 5.42. The standard InChI is InChI=1S/C24H26N2O5S/c1-18(2)30-23-11-7-8-19(16-23)25-24(27)17-26(32(3,28)29)20-12-14-22(15-13-20)31-21-9-5-4-6-10-21/h4-16,18H,17H2,1-3H3,(H,25,27). The molecule has 1 amide bonds. The van der Waals surface area contributed by atoms with E-state index in [0.29, 0.717) is 28.6 Å². The zero-order valence-corrected chi connectivity index (χ0v) is 19.0. The Kier molecular flexibility index (Phi) is 7.37. The zero-order valence-electron chi connectivity index (χ0n) is 18.2. The van der Waals surface area contributed by atoms with Gasteiger partial charge in [0.25, 0.3) is 0 Å². The molecule has 0 fully saturated rings. The predicted molar refractivity (Wildman–Crippen MR) is 126 cm³/mol. The second kappa shape index (κ2) is 10.2. The maximum Gasteiger partial charge on any atom is 0.245 e. The second-order valence-electron chi connectivity index (χ2n) is 7.42. The summed E-state index contributed by atoms with van der Waals surface area (Å²) >= 11 is 0. The number of hydrogen-bond acceptors (Lipinski definition) is 5. The fraction of sp³-hybridized carbons (Fsp3) is 0.208. The smallest absolute Gasteiger partial charge is 0.245 e. The summed E-state index contributed by atoms with van der Waals surface area (Å²) in [6, 6.07) is 22.7. The van der Waals surface area contributed by atoms with Crippen LogP contribution in [-0.2, 0) is 14.8 Å². The highest BCUT2D eigenvalue weighted by Crippen LogP contribution is 2.26. The molecule has 0 aliphatic rings. The molecule has 0 aliphatic carbocycles. The van der Waals surface area contributed by atoms with E-state index in [1.54, 1.807) is 48.5 Å². The van der Waals surface area contributed by atoms with Gasteiger partial charge in [0.2, 0.25) is 15.9 Å². The molecule has 0 heterocycles. The molecule has 0 unspecified atom stereocenters. The first-order valence-electron chi connectivity index (χ1n) is 10.1. The van der Waals surface area contributed by atoms with Crippen LogP contribution in [0.4, 0.5) is 11.4 Å². The lowest BCUT2D eigenvalue weighted by Crippen LogP contribution is -2.37. The van der Waals surface area contributed by atoms with Crippen LogP contribution in [0.5, 0.6) is 17.2 Å². The number of sulfonamides is 1. The van der Waals surface area contributed by atoms with Gasteiger partial charge in [-0.15, -0.1) is 0 Å². The topological polar surface area (TPSA) is 84.9 Å². The summed E-state index contributed by atoms with van der Waals surface area (Å²) in [7, 11) is -3.69. The van der Waals surface area contributed by atoms with Gasteiger partial charge in [0.1, 0.15) is 23.8 Å². The van der Waals surface area contributed by atoms with E-state index in [1.807, 2.05) is 44.2 Å². The summed E-state index contributed by atoms with van der Waals surface area (Å²) in [6.45, 7) is 3.45. The lowest BCUT2D eigenvalue weighted by atomic mass is 10.3.